The quantitative estimate of drug-likeness (QED) is 0.798. The number of aromatic nitrogens is 2. The Morgan fingerprint density at radius 1 is 1.39 bits per heavy atom. The Morgan fingerprint density at radius 3 is 2.83 bits per heavy atom. The van der Waals surface area contributed by atoms with Crippen LogP contribution in [0.25, 0.3) is 22.2 Å². The van der Waals surface area contributed by atoms with Crippen LogP contribution < -0.4 is 0 Å². The molecule has 2 aromatic heterocycles. The van der Waals surface area contributed by atoms with E-state index in [0.29, 0.717) is 22.9 Å². The molecule has 0 radical (unpaired) electrons. The molecule has 2 heterocycles. The second kappa shape index (κ2) is 4.99. The lowest BCUT2D eigenvalue weighted by atomic mass is 9.93. The van der Waals surface area contributed by atoms with E-state index in [1.807, 2.05) is 24.4 Å². The average molecular weight is 307 g/mol. The van der Waals surface area contributed by atoms with Gasteiger partial charge in [0.2, 0.25) is 0 Å². The monoisotopic (exact) mass is 307 g/mol. The number of nitriles is 1. The standard InChI is InChI=1S/C17H13N3O3/c18-8-11-9-20(12-2-1-3-12)15-5-4-10(6-13(11)15)16-7-14(17(21)22)19-23-16/h4-7,9,12H,1-3H2,(H,21,22). The Balaban J connectivity index is 1.83. The van der Waals surface area contributed by atoms with Gasteiger partial charge < -0.3 is 14.2 Å². The topological polar surface area (TPSA) is 92.0 Å². The van der Waals surface area contributed by atoms with Gasteiger partial charge in [0.25, 0.3) is 0 Å². The summed E-state index contributed by atoms with van der Waals surface area (Å²) in [6.45, 7) is 0. The predicted molar refractivity (Wildman–Crippen MR) is 82.0 cm³/mol. The second-order valence-corrected chi connectivity index (χ2v) is 5.76. The van der Waals surface area contributed by atoms with Gasteiger partial charge in [-0.25, -0.2) is 4.79 Å². The molecule has 6 heteroatoms. The molecule has 1 aliphatic carbocycles. The fraction of sp³-hybridized carbons (Fsp3) is 0.235. The summed E-state index contributed by atoms with van der Waals surface area (Å²) in [7, 11) is 0. The molecule has 1 aliphatic rings. The first kappa shape index (κ1) is 13.6. The highest BCUT2D eigenvalue weighted by Crippen LogP contribution is 2.37. The molecule has 0 bridgehead atoms. The number of benzene rings is 1. The number of fused-ring (bicyclic) bond motifs is 1. The largest absolute Gasteiger partial charge is 0.476 e. The Hall–Kier alpha value is -3.07. The molecule has 4 rings (SSSR count). The van der Waals surface area contributed by atoms with Crippen molar-refractivity contribution in [3.8, 4) is 17.4 Å². The highest BCUT2D eigenvalue weighted by Gasteiger charge is 2.22. The minimum absolute atomic E-state index is 0.132. The van der Waals surface area contributed by atoms with E-state index >= 15 is 0 Å². The highest BCUT2D eigenvalue weighted by atomic mass is 16.5. The minimum atomic E-state index is -1.13. The first-order valence-corrected chi connectivity index (χ1v) is 7.42. The first-order chi connectivity index (χ1) is 11.2. The third-order valence-electron chi connectivity index (χ3n) is 4.44. The second-order valence-electron chi connectivity index (χ2n) is 5.76. The number of carbonyl (C=O) groups is 1. The lowest BCUT2D eigenvalue weighted by molar-refractivity contribution is 0.0686. The summed E-state index contributed by atoms with van der Waals surface area (Å²) in [5, 5.41) is 22.7. The number of nitrogens with zero attached hydrogens (tertiary/aromatic N) is 3. The van der Waals surface area contributed by atoms with Gasteiger partial charge in [0, 0.05) is 34.8 Å². The molecule has 23 heavy (non-hydrogen) atoms. The van der Waals surface area contributed by atoms with Gasteiger partial charge in [-0.3, -0.25) is 0 Å². The lowest BCUT2D eigenvalue weighted by Gasteiger charge is -2.27. The van der Waals surface area contributed by atoms with E-state index < -0.39 is 5.97 Å². The van der Waals surface area contributed by atoms with Gasteiger partial charge in [-0.15, -0.1) is 0 Å². The van der Waals surface area contributed by atoms with Crippen molar-refractivity contribution in [2.45, 2.75) is 25.3 Å². The fourth-order valence-electron chi connectivity index (χ4n) is 2.98. The van der Waals surface area contributed by atoms with Gasteiger partial charge in [0.1, 0.15) is 6.07 Å². The molecule has 1 fully saturated rings. The summed E-state index contributed by atoms with van der Waals surface area (Å²) in [5.41, 5.74) is 2.22. The van der Waals surface area contributed by atoms with Crippen LogP contribution >= 0.6 is 0 Å². The van der Waals surface area contributed by atoms with Crippen LogP contribution in [0.3, 0.4) is 0 Å². The third kappa shape index (κ3) is 2.09. The Morgan fingerprint density at radius 2 is 2.22 bits per heavy atom. The molecular formula is C17H13N3O3. The molecule has 0 amide bonds. The number of hydrogen-bond donors (Lipinski definition) is 1. The van der Waals surface area contributed by atoms with Crippen LogP contribution in [0.2, 0.25) is 0 Å². The van der Waals surface area contributed by atoms with E-state index in [0.717, 1.165) is 23.7 Å². The van der Waals surface area contributed by atoms with Crippen molar-refractivity contribution in [1.82, 2.24) is 9.72 Å². The first-order valence-electron chi connectivity index (χ1n) is 7.42. The molecule has 6 nitrogen and oxygen atoms in total. The van der Waals surface area contributed by atoms with Crippen LogP contribution in [0.1, 0.15) is 41.4 Å². The molecular weight excluding hydrogens is 294 g/mol. The van der Waals surface area contributed by atoms with Crippen LogP contribution in [-0.4, -0.2) is 20.8 Å². The van der Waals surface area contributed by atoms with E-state index in [1.165, 1.54) is 12.5 Å². The predicted octanol–water partition coefficient (Wildman–Crippen LogP) is 3.59. The molecule has 1 N–H and O–H groups in total. The van der Waals surface area contributed by atoms with Gasteiger partial charge in [-0.2, -0.15) is 5.26 Å². The number of carboxylic acids is 1. The van der Waals surface area contributed by atoms with E-state index in [4.69, 9.17) is 9.63 Å². The highest BCUT2D eigenvalue weighted by molar-refractivity contribution is 5.91. The van der Waals surface area contributed by atoms with Crippen molar-refractivity contribution in [3.63, 3.8) is 0 Å². The molecule has 0 aliphatic heterocycles. The van der Waals surface area contributed by atoms with Gasteiger partial charge in [0.05, 0.1) is 5.56 Å². The van der Waals surface area contributed by atoms with Crippen molar-refractivity contribution in [3.05, 3.63) is 41.7 Å². The van der Waals surface area contributed by atoms with Gasteiger partial charge >= 0.3 is 5.97 Å². The molecule has 1 saturated carbocycles. The summed E-state index contributed by atoms with van der Waals surface area (Å²) >= 11 is 0. The third-order valence-corrected chi connectivity index (χ3v) is 4.44. The summed E-state index contributed by atoms with van der Waals surface area (Å²) in [6, 6.07) is 9.76. The van der Waals surface area contributed by atoms with Gasteiger partial charge in [-0.05, 0) is 37.5 Å². The Labute approximate surface area is 131 Å². The zero-order valence-electron chi connectivity index (χ0n) is 12.2. The molecule has 114 valence electrons. The molecule has 0 spiro atoms. The van der Waals surface area contributed by atoms with Crippen LogP contribution in [0.5, 0.6) is 0 Å². The smallest absolute Gasteiger partial charge is 0.358 e. The summed E-state index contributed by atoms with van der Waals surface area (Å²) in [5.74, 6) is -0.750. The zero-order valence-corrected chi connectivity index (χ0v) is 12.2. The van der Waals surface area contributed by atoms with Crippen LogP contribution in [0.15, 0.2) is 35.0 Å². The van der Waals surface area contributed by atoms with E-state index in [1.54, 1.807) is 0 Å². The summed E-state index contributed by atoms with van der Waals surface area (Å²) in [6.07, 6.45) is 5.41. The molecule has 0 saturated heterocycles. The minimum Gasteiger partial charge on any atom is -0.476 e. The Kier molecular flexibility index (Phi) is 2.95. The number of carboxylic acid groups (broad SMARTS) is 1. The summed E-state index contributed by atoms with van der Waals surface area (Å²) < 4.78 is 7.27. The molecule has 0 unspecified atom stereocenters. The van der Waals surface area contributed by atoms with E-state index in [9.17, 15) is 10.1 Å². The molecule has 0 atom stereocenters. The average Bonchev–Trinajstić information content (AvgIpc) is 3.10. The van der Waals surface area contributed by atoms with Crippen molar-refractivity contribution in [2.75, 3.05) is 0 Å². The van der Waals surface area contributed by atoms with Crippen LogP contribution in [0.4, 0.5) is 0 Å². The lowest BCUT2D eigenvalue weighted by Crippen LogP contribution is -2.15. The van der Waals surface area contributed by atoms with E-state index in [-0.39, 0.29) is 5.69 Å². The van der Waals surface area contributed by atoms with Crippen LogP contribution in [-0.2, 0) is 0 Å². The SMILES string of the molecule is N#Cc1cn(C2CCC2)c2ccc(-c3cc(C(=O)O)no3)cc12. The van der Waals surface area contributed by atoms with Gasteiger partial charge in [-0.1, -0.05) is 5.16 Å². The van der Waals surface area contributed by atoms with Crippen LogP contribution in [0, 0.1) is 11.3 Å². The maximum Gasteiger partial charge on any atom is 0.358 e. The number of hydrogen-bond acceptors (Lipinski definition) is 4. The van der Waals surface area contributed by atoms with E-state index in [2.05, 4.69) is 15.8 Å². The van der Waals surface area contributed by atoms with Gasteiger partial charge in [0.15, 0.2) is 11.5 Å². The maximum absolute atomic E-state index is 10.9. The fourth-order valence-corrected chi connectivity index (χ4v) is 2.98. The maximum atomic E-state index is 10.9. The summed E-state index contributed by atoms with van der Waals surface area (Å²) in [4.78, 5) is 10.9. The zero-order chi connectivity index (χ0) is 16.0. The van der Waals surface area contributed by atoms with Crippen molar-refractivity contribution >= 4 is 16.9 Å². The van der Waals surface area contributed by atoms with Crippen molar-refractivity contribution in [2.24, 2.45) is 0 Å². The Bertz CT molecular complexity index is 957. The number of rotatable bonds is 3. The molecule has 1 aromatic carbocycles. The van der Waals surface area contributed by atoms with Crippen molar-refractivity contribution < 1.29 is 14.4 Å². The number of aromatic carboxylic acids is 1. The normalized spacial score (nSPS) is 14.6. The molecule has 3 aromatic rings. The van der Waals surface area contributed by atoms with Crippen molar-refractivity contribution in [1.29, 1.82) is 5.26 Å².